The lowest BCUT2D eigenvalue weighted by Crippen LogP contribution is -2.27. The minimum atomic E-state index is 0.802. The lowest BCUT2D eigenvalue weighted by atomic mass is 9.78. The Bertz CT molecular complexity index is 3860. The Morgan fingerprint density at radius 2 is 0.407 bits per heavy atom. The fourth-order valence-electron chi connectivity index (χ4n) is 13.1. The van der Waals surface area contributed by atoms with Crippen molar-refractivity contribution in [3.63, 3.8) is 0 Å². The van der Waals surface area contributed by atoms with E-state index in [-0.39, 0.29) is 0 Å². The average molecular weight is 1040 g/mol. The van der Waals surface area contributed by atoms with E-state index in [4.69, 9.17) is 0 Å². The summed E-state index contributed by atoms with van der Waals surface area (Å²) >= 11 is 0. The molecule has 12 aromatic rings. The second kappa shape index (κ2) is 22.2. The van der Waals surface area contributed by atoms with E-state index in [2.05, 4.69) is 317 Å². The lowest BCUT2D eigenvalue weighted by molar-refractivity contribution is 0.932. The second-order valence-electron chi connectivity index (χ2n) is 21.7. The Kier molecular flexibility index (Phi) is 13.9. The van der Waals surface area contributed by atoms with E-state index >= 15 is 0 Å². The van der Waals surface area contributed by atoms with Gasteiger partial charge in [0.15, 0.2) is 0 Å². The Morgan fingerprint density at radius 3 is 0.642 bits per heavy atom. The summed E-state index contributed by atoms with van der Waals surface area (Å²) in [5.74, 6) is 0. The van der Waals surface area contributed by atoms with Crippen LogP contribution in [-0.2, 0) is 0 Å². The topological polar surface area (TPSA) is 6.48 Å². The predicted octanol–water partition coefficient (Wildman–Crippen LogP) is 20.9. The molecule has 2 nitrogen and oxygen atoms in total. The maximum Gasteiger partial charge on any atom is 0.0904 e. The van der Waals surface area contributed by atoms with Crippen molar-refractivity contribution in [2.75, 3.05) is 29.6 Å². The van der Waals surface area contributed by atoms with Crippen LogP contribution >= 0.6 is 0 Å². The summed E-state index contributed by atoms with van der Waals surface area (Å²) in [6.45, 7) is 11.9. The fraction of sp³-hybridized carbons (Fsp3) is 0.0886. The van der Waals surface area contributed by atoms with Gasteiger partial charge >= 0.3 is 0 Å². The molecule has 1 heterocycles. The number of hydrogen-bond donors (Lipinski definition) is 0. The van der Waals surface area contributed by atoms with Gasteiger partial charge in [-0.3, -0.25) is 0 Å². The molecule has 13 rings (SSSR count). The SMILES string of the molecule is Cc1cc(-c2cc(-c3ccccc3)c(-c3ccccc3)c(-c3ccccc3)c2-c2ccccc2)cc(C)c1N1CCN(c2c(C)cc(-c3cc(-c4ccccc4)c(-c4ccccc4)c(-c4ccccc4)c3-c3ccccc3)cc2C)C1. The Labute approximate surface area is 478 Å². The first-order valence-corrected chi connectivity index (χ1v) is 28.5. The zero-order chi connectivity index (χ0) is 54.8. The van der Waals surface area contributed by atoms with Crippen LogP contribution in [0, 0.1) is 27.7 Å². The van der Waals surface area contributed by atoms with Gasteiger partial charge in [-0.2, -0.15) is 0 Å². The van der Waals surface area contributed by atoms with Crippen LogP contribution in [-0.4, -0.2) is 19.8 Å². The molecule has 0 aliphatic carbocycles. The first-order valence-electron chi connectivity index (χ1n) is 28.5. The minimum absolute atomic E-state index is 0.802. The Balaban J connectivity index is 0.917. The van der Waals surface area contributed by atoms with Gasteiger partial charge in [-0.1, -0.05) is 243 Å². The highest BCUT2D eigenvalue weighted by molar-refractivity contribution is 6.09. The quantitative estimate of drug-likeness (QED) is 0.120. The molecule has 12 aromatic carbocycles. The number of rotatable bonds is 12. The number of anilines is 2. The van der Waals surface area contributed by atoms with Crippen LogP contribution in [0.5, 0.6) is 0 Å². The summed E-state index contributed by atoms with van der Waals surface area (Å²) in [5, 5.41) is 0. The normalized spacial score (nSPS) is 12.2. The van der Waals surface area contributed by atoms with Crippen molar-refractivity contribution >= 4 is 11.4 Å². The van der Waals surface area contributed by atoms with E-state index in [1.165, 1.54) is 145 Å². The molecule has 0 radical (unpaired) electrons. The molecule has 1 aliphatic heterocycles. The zero-order valence-electron chi connectivity index (χ0n) is 46.6. The molecular weight excluding hydrogens is 977 g/mol. The molecular formula is C79H64N2. The number of nitrogens with zero attached hydrogens (tertiary/aromatic N) is 2. The van der Waals surface area contributed by atoms with Gasteiger partial charge < -0.3 is 9.80 Å². The van der Waals surface area contributed by atoms with Gasteiger partial charge in [0, 0.05) is 24.5 Å². The van der Waals surface area contributed by atoms with Gasteiger partial charge in [0.1, 0.15) is 0 Å². The fourth-order valence-corrected chi connectivity index (χ4v) is 13.1. The monoisotopic (exact) mass is 1040 g/mol. The molecule has 0 bridgehead atoms. The van der Waals surface area contributed by atoms with E-state index in [1.54, 1.807) is 0 Å². The highest BCUT2D eigenvalue weighted by Crippen LogP contribution is 2.53. The number of hydrogen-bond acceptors (Lipinski definition) is 2. The first-order chi connectivity index (χ1) is 39.9. The molecule has 1 aliphatic rings. The molecule has 0 amide bonds. The van der Waals surface area contributed by atoms with Gasteiger partial charge in [0.05, 0.1) is 6.67 Å². The van der Waals surface area contributed by atoms with Crippen LogP contribution in [0.2, 0.25) is 0 Å². The van der Waals surface area contributed by atoms with Crippen molar-refractivity contribution < 1.29 is 0 Å². The highest BCUT2D eigenvalue weighted by Gasteiger charge is 2.30. The summed E-state index contributed by atoms with van der Waals surface area (Å²) in [4.78, 5) is 5.22. The molecule has 0 unspecified atom stereocenters. The van der Waals surface area contributed by atoms with Gasteiger partial charge in [0.2, 0.25) is 0 Å². The van der Waals surface area contributed by atoms with Crippen molar-refractivity contribution in [2.24, 2.45) is 0 Å². The molecule has 0 N–H and O–H groups in total. The second-order valence-corrected chi connectivity index (χ2v) is 21.7. The van der Waals surface area contributed by atoms with E-state index in [9.17, 15) is 0 Å². The summed E-state index contributed by atoms with van der Waals surface area (Å²) < 4.78 is 0. The van der Waals surface area contributed by atoms with Gasteiger partial charge in [-0.25, -0.2) is 0 Å². The van der Waals surface area contributed by atoms with Crippen LogP contribution in [0.3, 0.4) is 0 Å². The maximum atomic E-state index is 2.61. The van der Waals surface area contributed by atoms with Gasteiger partial charge in [0.25, 0.3) is 0 Å². The molecule has 1 saturated heterocycles. The summed E-state index contributed by atoms with van der Waals surface area (Å²) in [6, 6.07) is 103. The number of aryl methyl sites for hydroxylation is 4. The molecule has 0 atom stereocenters. The summed E-state index contributed by atoms with van der Waals surface area (Å²) in [5.41, 5.74) is 32.1. The van der Waals surface area contributed by atoms with Crippen molar-refractivity contribution in [2.45, 2.75) is 27.7 Å². The predicted molar refractivity (Wildman–Crippen MR) is 346 cm³/mol. The van der Waals surface area contributed by atoms with Gasteiger partial charge in [-0.15, -0.1) is 0 Å². The third-order valence-electron chi connectivity index (χ3n) is 16.4. The highest BCUT2D eigenvalue weighted by atomic mass is 15.4. The summed E-state index contributed by atoms with van der Waals surface area (Å²) in [6.07, 6.45) is 0. The van der Waals surface area contributed by atoms with Crippen LogP contribution < -0.4 is 9.80 Å². The van der Waals surface area contributed by atoms with E-state index < -0.39 is 0 Å². The van der Waals surface area contributed by atoms with E-state index in [1.807, 2.05) is 0 Å². The smallest absolute Gasteiger partial charge is 0.0904 e. The first kappa shape index (κ1) is 50.7. The third-order valence-corrected chi connectivity index (χ3v) is 16.4. The van der Waals surface area contributed by atoms with Crippen LogP contribution in [0.1, 0.15) is 22.3 Å². The lowest BCUT2D eigenvalue weighted by Gasteiger charge is -2.28. The molecule has 390 valence electrons. The summed E-state index contributed by atoms with van der Waals surface area (Å²) in [7, 11) is 0. The zero-order valence-corrected chi connectivity index (χ0v) is 46.6. The van der Waals surface area contributed by atoms with Crippen LogP contribution in [0.15, 0.2) is 279 Å². The standard InChI is InChI=1S/C79H64N2/c1-54-47-66(70-51-68(58-29-13-5-14-30-58)72(60-33-17-7-18-34-60)76(64-41-25-11-26-42-64)74(70)62-37-21-9-22-38-62)48-55(2)78(54)80-45-46-81(53-80)79-56(3)49-67(50-57(79)4)71-52-69(59-31-15-6-16-32-59)73(61-35-19-8-20-36-61)77(65-43-27-12-28-44-65)75(71)63-39-23-10-24-40-63/h5-44,47-52H,45-46,53H2,1-4H3. The molecule has 0 spiro atoms. The Hall–Kier alpha value is -9.76. The molecule has 81 heavy (non-hydrogen) atoms. The molecule has 0 saturated carbocycles. The molecule has 1 fully saturated rings. The van der Waals surface area contributed by atoms with Crippen molar-refractivity contribution in [1.29, 1.82) is 0 Å². The van der Waals surface area contributed by atoms with Gasteiger partial charge in [-0.05, 0) is 198 Å². The Morgan fingerprint density at radius 1 is 0.210 bits per heavy atom. The third kappa shape index (κ3) is 9.74. The minimum Gasteiger partial charge on any atom is -0.352 e. The van der Waals surface area contributed by atoms with Crippen molar-refractivity contribution in [3.05, 3.63) is 301 Å². The molecule has 2 heteroatoms. The van der Waals surface area contributed by atoms with Crippen LogP contribution in [0.4, 0.5) is 11.4 Å². The van der Waals surface area contributed by atoms with Crippen molar-refractivity contribution in [3.8, 4) is 111 Å². The number of benzene rings is 12. The van der Waals surface area contributed by atoms with E-state index in [0.29, 0.717) is 0 Å². The van der Waals surface area contributed by atoms with Crippen LogP contribution in [0.25, 0.3) is 111 Å². The largest absolute Gasteiger partial charge is 0.352 e. The molecule has 0 aromatic heterocycles. The average Bonchev–Trinajstić information content (AvgIpc) is 4.06. The maximum absolute atomic E-state index is 2.61. The van der Waals surface area contributed by atoms with E-state index in [0.717, 1.165) is 19.8 Å². The van der Waals surface area contributed by atoms with Crippen molar-refractivity contribution in [1.82, 2.24) is 0 Å².